The molecule has 6 heteroatoms. The summed E-state index contributed by atoms with van der Waals surface area (Å²) in [5, 5.41) is 11.0. The van der Waals surface area contributed by atoms with E-state index in [2.05, 4.69) is 5.32 Å². The average Bonchev–Trinajstić information content (AvgIpc) is 3.29. The molecule has 1 aromatic rings. The maximum atomic E-state index is 11.8. The van der Waals surface area contributed by atoms with Crippen molar-refractivity contribution in [3.63, 3.8) is 0 Å². The summed E-state index contributed by atoms with van der Waals surface area (Å²) in [6, 6.07) is 6.96. The van der Waals surface area contributed by atoms with Crippen molar-refractivity contribution in [2.75, 3.05) is 26.4 Å². The Labute approximate surface area is 123 Å². The monoisotopic (exact) mass is 293 g/mol. The number of ether oxygens (including phenoxy) is 2. The van der Waals surface area contributed by atoms with Gasteiger partial charge in [-0.05, 0) is 43.0 Å². The first-order valence-corrected chi connectivity index (χ1v) is 6.96. The molecule has 0 aromatic heterocycles. The van der Waals surface area contributed by atoms with Gasteiger partial charge in [0, 0.05) is 12.1 Å². The predicted octanol–water partition coefficient (Wildman–Crippen LogP) is 1.31. The van der Waals surface area contributed by atoms with Gasteiger partial charge in [-0.1, -0.05) is 0 Å². The van der Waals surface area contributed by atoms with E-state index in [1.54, 1.807) is 24.3 Å². The lowest BCUT2D eigenvalue weighted by molar-refractivity contribution is -0.142. The number of hydrogen-bond donors (Lipinski definition) is 2. The SMILES string of the molecule is O=C(O)COCCNC(=O)c1ccc(OCC2CC2)cc1. The molecule has 0 heterocycles. The van der Waals surface area contributed by atoms with Gasteiger partial charge in [0.1, 0.15) is 12.4 Å². The van der Waals surface area contributed by atoms with Crippen molar-refractivity contribution in [3.05, 3.63) is 29.8 Å². The molecule has 21 heavy (non-hydrogen) atoms. The Morgan fingerprint density at radius 1 is 1.24 bits per heavy atom. The third kappa shape index (κ3) is 5.83. The lowest BCUT2D eigenvalue weighted by Crippen LogP contribution is -2.27. The van der Waals surface area contributed by atoms with Crippen LogP contribution in [-0.2, 0) is 9.53 Å². The molecule has 1 aromatic carbocycles. The van der Waals surface area contributed by atoms with Gasteiger partial charge >= 0.3 is 5.97 Å². The highest BCUT2D eigenvalue weighted by atomic mass is 16.5. The zero-order chi connectivity index (χ0) is 15.1. The predicted molar refractivity (Wildman–Crippen MR) is 75.4 cm³/mol. The fourth-order valence-electron chi connectivity index (χ4n) is 1.70. The Morgan fingerprint density at radius 3 is 2.57 bits per heavy atom. The summed E-state index contributed by atoms with van der Waals surface area (Å²) in [7, 11) is 0. The molecule has 0 unspecified atom stereocenters. The highest BCUT2D eigenvalue weighted by Crippen LogP contribution is 2.29. The topological polar surface area (TPSA) is 84.9 Å². The maximum absolute atomic E-state index is 11.8. The Hall–Kier alpha value is -2.08. The summed E-state index contributed by atoms with van der Waals surface area (Å²) < 4.78 is 10.4. The van der Waals surface area contributed by atoms with E-state index in [1.807, 2.05) is 0 Å². The first-order chi connectivity index (χ1) is 10.1. The van der Waals surface area contributed by atoms with E-state index in [4.69, 9.17) is 14.6 Å². The largest absolute Gasteiger partial charge is 0.493 e. The summed E-state index contributed by atoms with van der Waals surface area (Å²) in [4.78, 5) is 22.0. The summed E-state index contributed by atoms with van der Waals surface area (Å²) in [5.74, 6) is 0.216. The molecule has 0 radical (unpaired) electrons. The van der Waals surface area contributed by atoms with Crippen LogP contribution in [0.15, 0.2) is 24.3 Å². The molecule has 114 valence electrons. The number of amides is 1. The fourth-order valence-corrected chi connectivity index (χ4v) is 1.70. The molecule has 0 aliphatic heterocycles. The molecular weight excluding hydrogens is 274 g/mol. The number of hydrogen-bond acceptors (Lipinski definition) is 4. The smallest absolute Gasteiger partial charge is 0.329 e. The number of aliphatic carboxylic acids is 1. The average molecular weight is 293 g/mol. The van der Waals surface area contributed by atoms with Crippen LogP contribution in [0, 0.1) is 5.92 Å². The van der Waals surface area contributed by atoms with Crippen molar-refractivity contribution in [3.8, 4) is 5.75 Å². The summed E-state index contributed by atoms with van der Waals surface area (Å²) >= 11 is 0. The first kappa shape index (κ1) is 15.3. The van der Waals surface area contributed by atoms with Crippen LogP contribution in [0.25, 0.3) is 0 Å². The molecule has 2 rings (SSSR count). The van der Waals surface area contributed by atoms with Crippen LogP contribution >= 0.6 is 0 Å². The van der Waals surface area contributed by atoms with E-state index in [0.717, 1.165) is 12.4 Å². The highest BCUT2D eigenvalue weighted by molar-refractivity contribution is 5.94. The molecule has 2 N–H and O–H groups in total. The van der Waals surface area contributed by atoms with Crippen molar-refractivity contribution >= 4 is 11.9 Å². The van der Waals surface area contributed by atoms with Crippen molar-refractivity contribution < 1.29 is 24.2 Å². The van der Waals surface area contributed by atoms with E-state index in [9.17, 15) is 9.59 Å². The number of nitrogens with one attached hydrogen (secondary N) is 1. The molecule has 0 atom stereocenters. The third-order valence-electron chi connectivity index (χ3n) is 3.06. The summed E-state index contributed by atoms with van der Waals surface area (Å²) in [6.45, 7) is 0.821. The minimum absolute atomic E-state index is 0.167. The summed E-state index contributed by atoms with van der Waals surface area (Å²) in [5.41, 5.74) is 0.534. The number of carboxylic acid groups (broad SMARTS) is 1. The van der Waals surface area contributed by atoms with Crippen LogP contribution in [0.1, 0.15) is 23.2 Å². The Morgan fingerprint density at radius 2 is 1.95 bits per heavy atom. The van der Waals surface area contributed by atoms with Crippen LogP contribution in [-0.4, -0.2) is 43.3 Å². The van der Waals surface area contributed by atoms with Crippen LogP contribution in [0.3, 0.4) is 0 Å². The number of rotatable bonds is 9. The van der Waals surface area contributed by atoms with E-state index >= 15 is 0 Å². The van der Waals surface area contributed by atoms with Crippen molar-refractivity contribution in [1.82, 2.24) is 5.32 Å². The number of carbonyl (C=O) groups excluding carboxylic acids is 1. The quantitative estimate of drug-likeness (QED) is 0.670. The molecule has 6 nitrogen and oxygen atoms in total. The van der Waals surface area contributed by atoms with Crippen LogP contribution in [0.5, 0.6) is 5.75 Å². The number of benzene rings is 1. The van der Waals surface area contributed by atoms with Crippen molar-refractivity contribution in [2.24, 2.45) is 5.92 Å². The molecule has 1 aliphatic carbocycles. The zero-order valence-electron chi connectivity index (χ0n) is 11.7. The van der Waals surface area contributed by atoms with Gasteiger partial charge in [0.25, 0.3) is 5.91 Å². The Balaban J connectivity index is 1.67. The molecule has 0 saturated heterocycles. The van der Waals surface area contributed by atoms with Crippen molar-refractivity contribution in [2.45, 2.75) is 12.8 Å². The van der Waals surface area contributed by atoms with Gasteiger partial charge in [0.15, 0.2) is 0 Å². The minimum Gasteiger partial charge on any atom is -0.493 e. The lowest BCUT2D eigenvalue weighted by Gasteiger charge is -2.07. The van der Waals surface area contributed by atoms with E-state index < -0.39 is 5.97 Å². The molecule has 1 aliphatic rings. The highest BCUT2D eigenvalue weighted by Gasteiger charge is 2.21. The van der Waals surface area contributed by atoms with Crippen LogP contribution in [0.2, 0.25) is 0 Å². The normalized spacial score (nSPS) is 13.7. The van der Waals surface area contributed by atoms with Crippen molar-refractivity contribution in [1.29, 1.82) is 0 Å². The van der Waals surface area contributed by atoms with Gasteiger partial charge < -0.3 is 19.9 Å². The van der Waals surface area contributed by atoms with Crippen LogP contribution < -0.4 is 10.1 Å². The van der Waals surface area contributed by atoms with Gasteiger partial charge in [-0.3, -0.25) is 4.79 Å². The van der Waals surface area contributed by atoms with E-state index in [1.165, 1.54) is 12.8 Å². The molecule has 0 spiro atoms. The van der Waals surface area contributed by atoms with Gasteiger partial charge in [-0.2, -0.15) is 0 Å². The molecule has 1 saturated carbocycles. The van der Waals surface area contributed by atoms with Gasteiger partial charge in [-0.25, -0.2) is 4.79 Å². The van der Waals surface area contributed by atoms with E-state index in [-0.39, 0.29) is 25.7 Å². The minimum atomic E-state index is -1.02. The Kier molecular flexibility index (Phi) is 5.57. The molecule has 0 bridgehead atoms. The Bertz CT molecular complexity index is 481. The zero-order valence-corrected chi connectivity index (χ0v) is 11.7. The van der Waals surface area contributed by atoms with Gasteiger partial charge in [-0.15, -0.1) is 0 Å². The second-order valence-corrected chi connectivity index (χ2v) is 4.98. The first-order valence-electron chi connectivity index (χ1n) is 6.96. The number of carbonyl (C=O) groups is 2. The molecule has 1 fully saturated rings. The second kappa shape index (κ2) is 7.64. The molecular formula is C15H19NO5. The molecule has 1 amide bonds. The second-order valence-electron chi connectivity index (χ2n) is 4.98. The van der Waals surface area contributed by atoms with Gasteiger partial charge in [0.2, 0.25) is 0 Å². The third-order valence-corrected chi connectivity index (χ3v) is 3.06. The lowest BCUT2D eigenvalue weighted by atomic mass is 10.2. The van der Waals surface area contributed by atoms with Crippen LogP contribution in [0.4, 0.5) is 0 Å². The van der Waals surface area contributed by atoms with Gasteiger partial charge in [0.05, 0.1) is 13.2 Å². The van der Waals surface area contributed by atoms with E-state index in [0.29, 0.717) is 11.5 Å². The maximum Gasteiger partial charge on any atom is 0.329 e. The standard InChI is InChI=1S/C15H19NO5/c17-14(18)10-20-8-7-16-15(19)12-3-5-13(6-4-12)21-9-11-1-2-11/h3-6,11H,1-2,7-10H2,(H,16,19)(H,17,18). The summed E-state index contributed by atoms with van der Waals surface area (Å²) in [6.07, 6.45) is 2.48. The fraction of sp³-hybridized carbons (Fsp3) is 0.467. The number of carboxylic acids is 1.